The fourth-order valence-electron chi connectivity index (χ4n) is 4.30. The molecule has 2 aliphatic rings. The number of hydrogen-bond donors (Lipinski definition) is 1. The second kappa shape index (κ2) is 11.0. The lowest BCUT2D eigenvalue weighted by Gasteiger charge is -2.30. The van der Waals surface area contributed by atoms with Crippen LogP contribution in [0.25, 0.3) is 0 Å². The predicted molar refractivity (Wildman–Crippen MR) is 126 cm³/mol. The summed E-state index contributed by atoms with van der Waals surface area (Å²) in [5, 5.41) is 3.42. The Balaban J connectivity index is 1.73. The molecule has 1 aliphatic carbocycles. The second-order valence-corrected chi connectivity index (χ2v) is 9.25. The third-order valence-electron chi connectivity index (χ3n) is 6.61. The molecule has 0 saturated carbocycles. The van der Waals surface area contributed by atoms with E-state index in [-0.39, 0.29) is 61.0 Å². The summed E-state index contributed by atoms with van der Waals surface area (Å²) in [4.78, 5) is 54.2. The van der Waals surface area contributed by atoms with Crippen molar-refractivity contribution < 1.29 is 19.2 Å². The molecule has 8 heteroatoms. The van der Waals surface area contributed by atoms with Crippen LogP contribution in [-0.2, 0) is 25.7 Å². The lowest BCUT2D eigenvalue weighted by Crippen LogP contribution is -2.50. The maximum absolute atomic E-state index is 13.3. The monoisotopic (exact) mass is 473 g/mol. The van der Waals surface area contributed by atoms with Gasteiger partial charge in [0.25, 0.3) is 0 Å². The quantitative estimate of drug-likeness (QED) is 0.440. The molecule has 4 atom stereocenters. The Morgan fingerprint density at radius 1 is 1.12 bits per heavy atom. The van der Waals surface area contributed by atoms with E-state index in [1.54, 1.807) is 19.1 Å². The number of fused-ring (bicyclic) bond motifs is 1. The Hall–Kier alpha value is -2.67. The zero-order chi connectivity index (χ0) is 24.1. The molecule has 0 spiro atoms. The minimum absolute atomic E-state index is 0.0161. The van der Waals surface area contributed by atoms with Gasteiger partial charge in [-0.1, -0.05) is 48.9 Å². The van der Waals surface area contributed by atoms with Crippen LogP contribution in [0.4, 0.5) is 0 Å². The van der Waals surface area contributed by atoms with Gasteiger partial charge in [-0.05, 0) is 44.7 Å². The summed E-state index contributed by atoms with van der Waals surface area (Å²) in [6.45, 7) is 5.73. The number of allylic oxidation sites excluding steroid dienone is 2. The van der Waals surface area contributed by atoms with Crippen molar-refractivity contribution in [3.8, 4) is 0 Å². The lowest BCUT2D eigenvalue weighted by molar-refractivity contribution is -0.143. The number of nitrogens with one attached hydrogen (secondary N) is 1. The van der Waals surface area contributed by atoms with E-state index in [9.17, 15) is 19.2 Å². The number of halogens is 1. The minimum Gasteiger partial charge on any atom is -0.352 e. The van der Waals surface area contributed by atoms with E-state index < -0.39 is 6.04 Å². The molecule has 33 heavy (non-hydrogen) atoms. The van der Waals surface area contributed by atoms with Gasteiger partial charge in [0.2, 0.25) is 23.6 Å². The molecule has 1 aliphatic heterocycles. The standard InChI is InChI=1S/C25H32ClN3O4/c1-4-16(2)27-23(31)17(3)29(15-18-9-5-8-12-21(18)26)22(30)13-14-28-24(32)19-10-6-7-11-20(19)25(28)33/h5-9,12,16-17,19-20H,4,10-11,13-15H2,1-3H3,(H,27,31)/t16?,17?,19-,20+. The van der Waals surface area contributed by atoms with Crippen molar-refractivity contribution in [1.29, 1.82) is 0 Å². The van der Waals surface area contributed by atoms with Crippen LogP contribution >= 0.6 is 11.6 Å². The molecule has 1 heterocycles. The molecular formula is C25H32ClN3O4. The molecule has 1 aromatic carbocycles. The van der Waals surface area contributed by atoms with Gasteiger partial charge in [0.1, 0.15) is 6.04 Å². The van der Waals surface area contributed by atoms with Gasteiger partial charge in [0, 0.05) is 30.6 Å². The van der Waals surface area contributed by atoms with Gasteiger partial charge in [0.15, 0.2) is 0 Å². The van der Waals surface area contributed by atoms with Crippen molar-refractivity contribution in [2.75, 3.05) is 6.54 Å². The van der Waals surface area contributed by atoms with Crippen LogP contribution in [0.2, 0.25) is 5.02 Å². The molecule has 1 saturated heterocycles. The number of carbonyl (C=O) groups excluding carboxylic acids is 4. The summed E-state index contributed by atoms with van der Waals surface area (Å²) in [6.07, 6.45) is 5.72. The normalized spacial score (nSPS) is 21.5. The Morgan fingerprint density at radius 2 is 1.73 bits per heavy atom. The molecule has 178 valence electrons. The van der Waals surface area contributed by atoms with Gasteiger partial charge < -0.3 is 10.2 Å². The van der Waals surface area contributed by atoms with Crippen LogP contribution in [-0.4, -0.2) is 52.1 Å². The van der Waals surface area contributed by atoms with E-state index in [0.29, 0.717) is 17.9 Å². The largest absolute Gasteiger partial charge is 0.352 e. The zero-order valence-electron chi connectivity index (χ0n) is 19.4. The summed E-state index contributed by atoms with van der Waals surface area (Å²) < 4.78 is 0. The van der Waals surface area contributed by atoms with Crippen LogP contribution in [0.15, 0.2) is 36.4 Å². The van der Waals surface area contributed by atoms with Crippen LogP contribution in [0.5, 0.6) is 0 Å². The number of rotatable bonds is 9. The fraction of sp³-hybridized carbons (Fsp3) is 0.520. The smallest absolute Gasteiger partial charge is 0.242 e. The first-order valence-corrected chi connectivity index (χ1v) is 12.0. The number of carbonyl (C=O) groups is 4. The van der Waals surface area contributed by atoms with E-state index in [1.807, 2.05) is 38.1 Å². The van der Waals surface area contributed by atoms with E-state index in [0.717, 1.165) is 12.0 Å². The first-order chi connectivity index (χ1) is 15.7. The molecule has 0 radical (unpaired) electrons. The maximum atomic E-state index is 13.3. The first-order valence-electron chi connectivity index (χ1n) is 11.6. The van der Waals surface area contributed by atoms with Gasteiger partial charge in [-0.3, -0.25) is 24.1 Å². The van der Waals surface area contributed by atoms with Gasteiger partial charge in [0.05, 0.1) is 11.8 Å². The number of benzene rings is 1. The summed E-state index contributed by atoms with van der Waals surface area (Å²) in [6, 6.07) is 6.42. The number of hydrogen-bond acceptors (Lipinski definition) is 4. The summed E-state index contributed by atoms with van der Waals surface area (Å²) in [5.74, 6) is -1.62. The molecule has 1 aromatic rings. The van der Waals surface area contributed by atoms with Crippen molar-refractivity contribution >= 4 is 35.2 Å². The Kier molecular flexibility index (Phi) is 8.30. The van der Waals surface area contributed by atoms with Crippen LogP contribution in [0.1, 0.15) is 52.0 Å². The van der Waals surface area contributed by atoms with Gasteiger partial charge in [-0.2, -0.15) is 0 Å². The van der Waals surface area contributed by atoms with Gasteiger partial charge in [-0.25, -0.2) is 0 Å². The van der Waals surface area contributed by atoms with Crippen molar-refractivity contribution in [2.24, 2.45) is 11.8 Å². The van der Waals surface area contributed by atoms with E-state index in [1.165, 1.54) is 9.80 Å². The summed E-state index contributed by atoms with van der Waals surface area (Å²) in [7, 11) is 0. The molecule has 2 unspecified atom stereocenters. The second-order valence-electron chi connectivity index (χ2n) is 8.84. The molecule has 3 rings (SSSR count). The van der Waals surface area contributed by atoms with Crippen molar-refractivity contribution in [1.82, 2.24) is 15.1 Å². The van der Waals surface area contributed by atoms with E-state index >= 15 is 0 Å². The molecule has 0 aromatic heterocycles. The predicted octanol–water partition coefficient (Wildman–Crippen LogP) is 3.31. The average Bonchev–Trinajstić information content (AvgIpc) is 3.06. The topological polar surface area (TPSA) is 86.8 Å². The third-order valence-corrected chi connectivity index (χ3v) is 6.98. The van der Waals surface area contributed by atoms with Crippen molar-refractivity contribution in [3.05, 3.63) is 47.0 Å². The number of likely N-dealkylation sites (tertiary alicyclic amines) is 1. The highest BCUT2D eigenvalue weighted by Crippen LogP contribution is 2.35. The summed E-state index contributed by atoms with van der Waals surface area (Å²) >= 11 is 6.31. The number of amides is 4. The minimum atomic E-state index is -0.737. The average molecular weight is 474 g/mol. The van der Waals surface area contributed by atoms with Crippen LogP contribution in [0, 0.1) is 11.8 Å². The third kappa shape index (κ3) is 5.64. The zero-order valence-corrected chi connectivity index (χ0v) is 20.2. The Labute approximate surface area is 200 Å². The maximum Gasteiger partial charge on any atom is 0.242 e. The molecule has 0 bridgehead atoms. The highest BCUT2D eigenvalue weighted by Gasteiger charge is 2.47. The van der Waals surface area contributed by atoms with Gasteiger partial charge >= 0.3 is 0 Å². The number of imide groups is 1. The first kappa shape index (κ1) is 25.0. The van der Waals surface area contributed by atoms with Crippen molar-refractivity contribution in [3.63, 3.8) is 0 Å². The van der Waals surface area contributed by atoms with Crippen molar-refractivity contribution in [2.45, 2.75) is 65.1 Å². The summed E-state index contributed by atoms with van der Waals surface area (Å²) in [5.41, 5.74) is 0.723. The number of nitrogens with zero attached hydrogens (tertiary/aromatic N) is 2. The van der Waals surface area contributed by atoms with Gasteiger partial charge in [-0.15, -0.1) is 0 Å². The Bertz CT molecular complexity index is 921. The van der Waals surface area contributed by atoms with E-state index in [2.05, 4.69) is 5.32 Å². The van der Waals surface area contributed by atoms with E-state index in [4.69, 9.17) is 11.6 Å². The molecule has 4 amide bonds. The van der Waals surface area contributed by atoms with Crippen LogP contribution in [0.3, 0.4) is 0 Å². The molecule has 1 N–H and O–H groups in total. The SMILES string of the molecule is CCC(C)NC(=O)C(C)N(Cc1ccccc1Cl)C(=O)CCN1C(=O)[C@H]2CC=CC[C@H]2C1=O. The lowest BCUT2D eigenvalue weighted by atomic mass is 9.85. The molecule has 7 nitrogen and oxygen atoms in total. The Morgan fingerprint density at radius 3 is 2.30 bits per heavy atom. The highest BCUT2D eigenvalue weighted by molar-refractivity contribution is 6.31. The fourth-order valence-corrected chi connectivity index (χ4v) is 4.49. The van der Waals surface area contributed by atoms with Crippen LogP contribution < -0.4 is 5.32 Å². The molecular weight excluding hydrogens is 442 g/mol. The molecule has 1 fully saturated rings. The highest BCUT2D eigenvalue weighted by atomic mass is 35.5.